The number of rotatable bonds is 9. The third-order valence-electron chi connectivity index (χ3n) is 4.44. The molecular weight excluding hydrogens is 451 g/mol. The topological polar surface area (TPSA) is 115 Å². The second-order valence-electron chi connectivity index (χ2n) is 6.92. The molecule has 3 rings (SSSR count). The predicted octanol–water partition coefficient (Wildman–Crippen LogP) is 3.40. The zero-order valence-corrected chi connectivity index (χ0v) is 18.4. The van der Waals surface area contributed by atoms with E-state index in [1.54, 1.807) is 19.1 Å². The number of carbonyl (C=O) groups excluding carboxylic acids is 2. The van der Waals surface area contributed by atoms with Gasteiger partial charge < -0.3 is 14.5 Å². The molecule has 2 N–H and O–H groups in total. The molecular formula is C23H21FN2O6S. The largest absolute Gasteiger partial charge is 0.468 e. The van der Waals surface area contributed by atoms with Crippen LogP contribution in [-0.2, 0) is 30.9 Å². The summed E-state index contributed by atoms with van der Waals surface area (Å²) >= 11 is 0. The number of nitrogens with one attached hydrogen (secondary N) is 2. The van der Waals surface area contributed by atoms with Gasteiger partial charge in [-0.05, 0) is 60.5 Å². The first-order chi connectivity index (χ1) is 15.7. The molecule has 0 saturated carbocycles. The van der Waals surface area contributed by atoms with Gasteiger partial charge in [-0.1, -0.05) is 18.2 Å². The number of ether oxygens (including phenoxy) is 1. The van der Waals surface area contributed by atoms with Crippen LogP contribution in [-0.4, -0.2) is 26.9 Å². The average molecular weight is 472 g/mol. The van der Waals surface area contributed by atoms with Gasteiger partial charge in [0.2, 0.25) is 10.0 Å². The first kappa shape index (κ1) is 23.9. The van der Waals surface area contributed by atoms with E-state index in [1.165, 1.54) is 54.8 Å². The lowest BCUT2D eigenvalue weighted by Gasteiger charge is -2.08. The number of benzene rings is 2. The molecule has 8 nitrogen and oxygen atoms in total. The van der Waals surface area contributed by atoms with Gasteiger partial charge in [-0.3, -0.25) is 4.79 Å². The smallest absolute Gasteiger partial charge is 0.331 e. The van der Waals surface area contributed by atoms with E-state index in [0.717, 1.165) is 6.08 Å². The first-order valence-corrected chi connectivity index (χ1v) is 11.2. The van der Waals surface area contributed by atoms with E-state index in [2.05, 4.69) is 10.0 Å². The van der Waals surface area contributed by atoms with Crippen molar-refractivity contribution in [3.05, 3.63) is 89.6 Å². The zero-order chi connectivity index (χ0) is 23.8. The molecule has 2 aromatic carbocycles. The molecule has 33 heavy (non-hydrogen) atoms. The second-order valence-corrected chi connectivity index (χ2v) is 8.69. The molecule has 3 aromatic rings. The number of carbonyl (C=O) groups is 2. The summed E-state index contributed by atoms with van der Waals surface area (Å²) in [6.45, 7) is 1.18. The number of halogens is 1. The van der Waals surface area contributed by atoms with E-state index >= 15 is 0 Å². The average Bonchev–Trinajstić information content (AvgIpc) is 3.31. The Morgan fingerprint density at radius 1 is 1.12 bits per heavy atom. The van der Waals surface area contributed by atoms with Gasteiger partial charge in [0.1, 0.15) is 11.6 Å². The number of amides is 1. The van der Waals surface area contributed by atoms with Crippen LogP contribution in [0.15, 0.2) is 76.2 Å². The number of furan rings is 1. The van der Waals surface area contributed by atoms with Crippen LogP contribution in [0.3, 0.4) is 0 Å². The van der Waals surface area contributed by atoms with Crippen LogP contribution in [0.1, 0.15) is 16.9 Å². The van der Waals surface area contributed by atoms with E-state index in [-0.39, 0.29) is 11.4 Å². The van der Waals surface area contributed by atoms with Crippen molar-refractivity contribution in [2.45, 2.75) is 18.4 Å². The summed E-state index contributed by atoms with van der Waals surface area (Å²) in [5.74, 6) is -1.39. The van der Waals surface area contributed by atoms with Crippen LogP contribution in [0, 0.1) is 12.7 Å². The van der Waals surface area contributed by atoms with E-state index in [4.69, 9.17) is 9.15 Å². The molecule has 0 bridgehead atoms. The third kappa shape index (κ3) is 7.13. The minimum Gasteiger partial charge on any atom is -0.468 e. The van der Waals surface area contributed by atoms with Crippen molar-refractivity contribution in [2.75, 3.05) is 11.9 Å². The van der Waals surface area contributed by atoms with Crippen LogP contribution < -0.4 is 10.0 Å². The maximum Gasteiger partial charge on any atom is 0.331 e. The number of aryl methyl sites for hydroxylation is 1. The van der Waals surface area contributed by atoms with Crippen LogP contribution in [0.5, 0.6) is 0 Å². The summed E-state index contributed by atoms with van der Waals surface area (Å²) < 4.78 is 50.3. The SMILES string of the molecule is Cc1ccc(F)cc1NC(=O)COC(=O)C=Cc1ccc(S(=O)(=O)NCc2ccco2)cc1. The molecule has 0 saturated heterocycles. The van der Waals surface area contributed by atoms with E-state index in [9.17, 15) is 22.4 Å². The molecule has 172 valence electrons. The minimum atomic E-state index is -3.73. The van der Waals surface area contributed by atoms with Crippen LogP contribution >= 0.6 is 0 Å². The van der Waals surface area contributed by atoms with E-state index < -0.39 is 34.3 Å². The highest BCUT2D eigenvalue weighted by Gasteiger charge is 2.14. The van der Waals surface area contributed by atoms with Crippen molar-refractivity contribution in [1.29, 1.82) is 0 Å². The van der Waals surface area contributed by atoms with Crippen molar-refractivity contribution in [1.82, 2.24) is 4.72 Å². The Balaban J connectivity index is 1.49. The van der Waals surface area contributed by atoms with Gasteiger partial charge in [-0.2, -0.15) is 0 Å². The summed E-state index contributed by atoms with van der Waals surface area (Å²) in [5.41, 5.74) is 1.51. The third-order valence-corrected chi connectivity index (χ3v) is 5.86. The van der Waals surface area contributed by atoms with Crippen LogP contribution in [0.25, 0.3) is 6.08 Å². The van der Waals surface area contributed by atoms with Crippen molar-refractivity contribution in [2.24, 2.45) is 0 Å². The van der Waals surface area contributed by atoms with Crippen molar-refractivity contribution >= 4 is 33.7 Å². The highest BCUT2D eigenvalue weighted by molar-refractivity contribution is 7.89. The molecule has 1 aromatic heterocycles. The lowest BCUT2D eigenvalue weighted by atomic mass is 10.2. The number of hydrogen-bond donors (Lipinski definition) is 2. The normalized spacial score (nSPS) is 11.5. The number of esters is 1. The lowest BCUT2D eigenvalue weighted by Crippen LogP contribution is -2.22. The van der Waals surface area contributed by atoms with Crippen LogP contribution in [0.2, 0.25) is 0 Å². The number of sulfonamides is 1. The van der Waals surface area contributed by atoms with E-state index in [0.29, 0.717) is 22.6 Å². The predicted molar refractivity (Wildman–Crippen MR) is 119 cm³/mol. The Kier molecular flexibility index (Phi) is 7.75. The molecule has 0 unspecified atom stereocenters. The summed E-state index contributed by atoms with van der Waals surface area (Å²) in [4.78, 5) is 23.8. The van der Waals surface area contributed by atoms with Gasteiger partial charge in [-0.15, -0.1) is 0 Å². The summed E-state index contributed by atoms with van der Waals surface area (Å²) in [5, 5.41) is 2.47. The van der Waals surface area contributed by atoms with Gasteiger partial charge in [-0.25, -0.2) is 22.3 Å². The Morgan fingerprint density at radius 2 is 1.88 bits per heavy atom. The van der Waals surface area contributed by atoms with Crippen LogP contribution in [0.4, 0.5) is 10.1 Å². The molecule has 10 heteroatoms. The Morgan fingerprint density at radius 3 is 2.58 bits per heavy atom. The molecule has 0 fully saturated rings. The summed E-state index contributed by atoms with van der Waals surface area (Å²) in [6.07, 6.45) is 3.98. The van der Waals surface area contributed by atoms with Crippen molar-refractivity contribution < 1.29 is 31.6 Å². The summed E-state index contributed by atoms with van der Waals surface area (Å²) in [7, 11) is -3.73. The molecule has 0 aliphatic rings. The zero-order valence-electron chi connectivity index (χ0n) is 17.6. The number of hydrogen-bond acceptors (Lipinski definition) is 6. The van der Waals surface area contributed by atoms with Crippen molar-refractivity contribution in [3.63, 3.8) is 0 Å². The monoisotopic (exact) mass is 472 g/mol. The van der Waals surface area contributed by atoms with Gasteiger partial charge in [0, 0.05) is 11.8 Å². The minimum absolute atomic E-state index is 0.0230. The fraction of sp³-hybridized carbons (Fsp3) is 0.130. The molecule has 1 heterocycles. The second kappa shape index (κ2) is 10.7. The maximum atomic E-state index is 13.3. The fourth-order valence-corrected chi connectivity index (χ4v) is 3.68. The maximum absolute atomic E-state index is 13.3. The van der Waals surface area contributed by atoms with Crippen molar-refractivity contribution in [3.8, 4) is 0 Å². The standard InChI is InChI=1S/C23H21FN2O6S/c1-16-4-8-18(24)13-21(16)26-22(27)15-32-23(28)11-7-17-5-9-20(10-6-17)33(29,30)25-14-19-3-2-12-31-19/h2-13,25H,14-15H2,1H3,(H,26,27). The van der Waals surface area contributed by atoms with Gasteiger partial charge in [0.25, 0.3) is 5.91 Å². The quantitative estimate of drug-likeness (QED) is 0.364. The molecule has 0 aliphatic carbocycles. The summed E-state index contributed by atoms with van der Waals surface area (Å²) in [6, 6.07) is 13.1. The molecule has 0 atom stereocenters. The Bertz CT molecular complexity index is 1250. The fourth-order valence-electron chi connectivity index (χ4n) is 2.68. The Labute approximate surface area is 190 Å². The lowest BCUT2D eigenvalue weighted by molar-refractivity contribution is -0.142. The molecule has 0 radical (unpaired) electrons. The highest BCUT2D eigenvalue weighted by Crippen LogP contribution is 2.16. The van der Waals surface area contributed by atoms with Gasteiger partial charge in [0.05, 0.1) is 17.7 Å². The molecule has 1 amide bonds. The molecule has 0 spiro atoms. The highest BCUT2D eigenvalue weighted by atomic mass is 32.2. The van der Waals surface area contributed by atoms with Gasteiger partial charge >= 0.3 is 5.97 Å². The number of anilines is 1. The molecule has 0 aliphatic heterocycles. The Hall–Kier alpha value is -3.76. The van der Waals surface area contributed by atoms with E-state index in [1.807, 2.05) is 0 Å². The first-order valence-electron chi connectivity index (χ1n) is 9.76. The van der Waals surface area contributed by atoms with Gasteiger partial charge in [0.15, 0.2) is 6.61 Å².